The minimum absolute atomic E-state index is 0.0624. The molecule has 1 heterocycles. The van der Waals surface area contributed by atoms with Crippen LogP contribution in [0.15, 0.2) is 18.2 Å². The minimum atomic E-state index is -1.06. The molecule has 2 rings (SSSR count). The van der Waals surface area contributed by atoms with Gasteiger partial charge in [-0.25, -0.2) is 9.59 Å². The lowest BCUT2D eigenvalue weighted by molar-refractivity contribution is -0.160. The molecule has 0 bridgehead atoms. The number of benzene rings is 1. The third-order valence-electron chi connectivity index (χ3n) is 4.70. The first-order chi connectivity index (χ1) is 12.7. The highest BCUT2D eigenvalue weighted by Gasteiger charge is 2.51. The Hall–Kier alpha value is -1.90. The Morgan fingerprint density at radius 2 is 1.64 bits per heavy atom. The SMILES string of the molecule is CC(C)(C)OC(=O)COCc1cc(B2OC(C)(C)C(C)(C)O2)cc(C(=O)O)c1. The van der Waals surface area contributed by atoms with Gasteiger partial charge in [0.05, 0.1) is 23.4 Å². The number of carbonyl (C=O) groups excluding carboxylic acids is 1. The van der Waals surface area contributed by atoms with Crippen molar-refractivity contribution < 1.29 is 33.5 Å². The summed E-state index contributed by atoms with van der Waals surface area (Å²) in [5.41, 5.74) is -0.368. The van der Waals surface area contributed by atoms with E-state index in [1.807, 2.05) is 27.7 Å². The molecule has 1 N–H and O–H groups in total. The summed E-state index contributed by atoms with van der Waals surface area (Å²) in [4.78, 5) is 23.3. The molecule has 154 valence electrons. The summed E-state index contributed by atoms with van der Waals surface area (Å²) in [7, 11) is -0.686. The van der Waals surface area contributed by atoms with Crippen molar-refractivity contribution in [2.45, 2.75) is 71.9 Å². The zero-order valence-electron chi connectivity index (χ0n) is 17.6. The highest BCUT2D eigenvalue weighted by atomic mass is 16.7. The Morgan fingerprint density at radius 3 is 2.14 bits per heavy atom. The van der Waals surface area contributed by atoms with E-state index in [0.717, 1.165) is 0 Å². The van der Waals surface area contributed by atoms with Crippen LogP contribution in [0.5, 0.6) is 0 Å². The summed E-state index contributed by atoms with van der Waals surface area (Å²) in [6.07, 6.45) is 0. The fourth-order valence-electron chi connectivity index (χ4n) is 2.66. The Labute approximate surface area is 166 Å². The van der Waals surface area contributed by atoms with Gasteiger partial charge in [-0.3, -0.25) is 0 Å². The molecule has 28 heavy (non-hydrogen) atoms. The molecule has 1 aromatic carbocycles. The molecule has 0 atom stereocenters. The van der Waals surface area contributed by atoms with Gasteiger partial charge in [0, 0.05) is 0 Å². The Bertz CT molecular complexity index is 733. The summed E-state index contributed by atoms with van der Waals surface area (Å²) in [5, 5.41) is 9.43. The lowest BCUT2D eigenvalue weighted by Crippen LogP contribution is -2.41. The Kier molecular flexibility index (Phi) is 6.28. The fraction of sp³-hybridized carbons (Fsp3) is 0.600. The van der Waals surface area contributed by atoms with E-state index in [2.05, 4.69) is 0 Å². The van der Waals surface area contributed by atoms with Crippen molar-refractivity contribution in [2.75, 3.05) is 6.61 Å². The van der Waals surface area contributed by atoms with Gasteiger partial charge in [0.15, 0.2) is 0 Å². The molecule has 1 saturated heterocycles. The van der Waals surface area contributed by atoms with Crippen molar-refractivity contribution in [3.05, 3.63) is 29.3 Å². The van der Waals surface area contributed by atoms with Crippen LogP contribution in [0.25, 0.3) is 0 Å². The summed E-state index contributed by atoms with van der Waals surface area (Å²) in [5.74, 6) is -1.54. The zero-order valence-corrected chi connectivity index (χ0v) is 17.6. The highest BCUT2D eigenvalue weighted by Crippen LogP contribution is 2.36. The molecule has 8 heteroatoms. The van der Waals surface area contributed by atoms with Crippen LogP contribution in [-0.2, 0) is 30.2 Å². The largest absolute Gasteiger partial charge is 0.494 e. The van der Waals surface area contributed by atoms with E-state index in [-0.39, 0.29) is 18.8 Å². The third-order valence-corrected chi connectivity index (χ3v) is 4.70. The summed E-state index contributed by atoms with van der Waals surface area (Å²) in [6.45, 7) is 12.9. The second-order valence-corrected chi connectivity index (χ2v) is 8.94. The van der Waals surface area contributed by atoms with E-state index in [4.69, 9.17) is 18.8 Å². The average molecular weight is 392 g/mol. The minimum Gasteiger partial charge on any atom is -0.478 e. The molecule has 0 spiro atoms. The molecule has 0 aromatic heterocycles. The third kappa shape index (κ3) is 5.56. The van der Waals surface area contributed by atoms with Crippen molar-refractivity contribution in [1.29, 1.82) is 0 Å². The van der Waals surface area contributed by atoms with E-state index < -0.39 is 35.9 Å². The number of carboxylic acids is 1. The maximum Gasteiger partial charge on any atom is 0.494 e. The number of carbonyl (C=O) groups is 2. The van der Waals surface area contributed by atoms with Crippen LogP contribution in [0.3, 0.4) is 0 Å². The molecule has 0 radical (unpaired) electrons. The first kappa shape index (κ1) is 22.4. The number of aromatic carboxylic acids is 1. The highest BCUT2D eigenvalue weighted by molar-refractivity contribution is 6.62. The topological polar surface area (TPSA) is 91.3 Å². The Morgan fingerprint density at radius 1 is 1.07 bits per heavy atom. The summed E-state index contributed by atoms with van der Waals surface area (Å²) < 4.78 is 22.6. The van der Waals surface area contributed by atoms with E-state index in [0.29, 0.717) is 11.0 Å². The van der Waals surface area contributed by atoms with Gasteiger partial charge in [0.25, 0.3) is 0 Å². The van der Waals surface area contributed by atoms with Crippen molar-refractivity contribution in [1.82, 2.24) is 0 Å². The molecule has 1 aliphatic rings. The predicted molar refractivity (Wildman–Crippen MR) is 105 cm³/mol. The molecule has 1 fully saturated rings. The maximum absolute atomic E-state index is 11.8. The number of hydrogen-bond donors (Lipinski definition) is 1. The van der Waals surface area contributed by atoms with E-state index in [1.54, 1.807) is 26.8 Å². The van der Waals surface area contributed by atoms with Gasteiger partial charge in [-0.15, -0.1) is 0 Å². The average Bonchev–Trinajstić information content (AvgIpc) is 2.73. The van der Waals surface area contributed by atoms with Crippen molar-refractivity contribution in [3.63, 3.8) is 0 Å². The molecule has 0 aliphatic carbocycles. The molecule has 7 nitrogen and oxygen atoms in total. The van der Waals surface area contributed by atoms with E-state index >= 15 is 0 Å². The smallest absolute Gasteiger partial charge is 0.478 e. The van der Waals surface area contributed by atoms with Crippen molar-refractivity contribution in [3.8, 4) is 0 Å². The van der Waals surface area contributed by atoms with Gasteiger partial charge in [-0.2, -0.15) is 0 Å². The van der Waals surface area contributed by atoms with Crippen LogP contribution >= 0.6 is 0 Å². The maximum atomic E-state index is 11.8. The van der Waals surface area contributed by atoms with Crippen LogP contribution in [0.1, 0.15) is 64.4 Å². The van der Waals surface area contributed by atoms with Gasteiger partial charge < -0.3 is 23.9 Å². The molecular weight excluding hydrogens is 363 g/mol. The quantitative estimate of drug-likeness (QED) is 0.588. The van der Waals surface area contributed by atoms with E-state index in [1.165, 1.54) is 12.1 Å². The lowest BCUT2D eigenvalue weighted by Gasteiger charge is -2.32. The van der Waals surface area contributed by atoms with Crippen molar-refractivity contribution in [2.24, 2.45) is 0 Å². The molecule has 1 aromatic rings. The van der Waals surface area contributed by atoms with Gasteiger partial charge >= 0.3 is 19.1 Å². The van der Waals surface area contributed by atoms with Crippen LogP contribution in [-0.4, -0.2) is 47.6 Å². The second-order valence-electron chi connectivity index (χ2n) is 8.94. The van der Waals surface area contributed by atoms with Gasteiger partial charge in [0.2, 0.25) is 0 Å². The van der Waals surface area contributed by atoms with Crippen LogP contribution < -0.4 is 5.46 Å². The molecular formula is C20H29BO7. The molecule has 0 saturated carbocycles. The number of ether oxygens (including phenoxy) is 2. The lowest BCUT2D eigenvalue weighted by atomic mass is 9.77. The fourth-order valence-corrected chi connectivity index (χ4v) is 2.66. The molecule has 0 amide bonds. The van der Waals surface area contributed by atoms with Gasteiger partial charge in [-0.05, 0) is 71.6 Å². The number of hydrogen-bond acceptors (Lipinski definition) is 6. The van der Waals surface area contributed by atoms with Crippen LogP contribution in [0.4, 0.5) is 0 Å². The van der Waals surface area contributed by atoms with Crippen LogP contribution in [0.2, 0.25) is 0 Å². The summed E-state index contributed by atoms with van der Waals surface area (Å²) in [6, 6.07) is 4.80. The Balaban J connectivity index is 2.14. The monoisotopic (exact) mass is 392 g/mol. The predicted octanol–water partition coefficient (Wildman–Crippen LogP) is 2.54. The standard InChI is InChI=1S/C20H29BO7/c1-18(2,3)26-16(22)12-25-11-13-8-14(17(23)24)10-15(9-13)21-27-19(4,5)20(6,7)28-21/h8-10H,11-12H2,1-7H3,(H,23,24). The van der Waals surface area contributed by atoms with Crippen LogP contribution in [0, 0.1) is 0 Å². The first-order valence-electron chi connectivity index (χ1n) is 9.22. The van der Waals surface area contributed by atoms with E-state index in [9.17, 15) is 14.7 Å². The number of esters is 1. The zero-order chi connectivity index (χ0) is 21.3. The molecule has 0 unspecified atom stereocenters. The van der Waals surface area contributed by atoms with Gasteiger partial charge in [0.1, 0.15) is 12.2 Å². The number of rotatable bonds is 6. The second kappa shape index (κ2) is 7.85. The van der Waals surface area contributed by atoms with Gasteiger partial charge in [-0.1, -0.05) is 6.07 Å². The van der Waals surface area contributed by atoms with Crippen molar-refractivity contribution >= 4 is 24.5 Å². The summed E-state index contributed by atoms with van der Waals surface area (Å²) >= 11 is 0. The molecule has 1 aliphatic heterocycles. The number of carboxylic acid groups (broad SMARTS) is 1. The normalized spacial score (nSPS) is 18.2. The first-order valence-corrected chi connectivity index (χ1v) is 9.22.